The van der Waals surface area contributed by atoms with E-state index in [1.54, 1.807) is 13.2 Å². The first-order chi connectivity index (χ1) is 7.78. The van der Waals surface area contributed by atoms with Gasteiger partial charge in [-0.3, -0.25) is 0 Å². The fraction of sp³-hybridized carbons (Fsp3) is 0.0909. The predicted octanol–water partition coefficient (Wildman–Crippen LogP) is 3.29. The van der Waals surface area contributed by atoms with E-state index in [-0.39, 0.29) is 0 Å². The summed E-state index contributed by atoms with van der Waals surface area (Å²) in [5.41, 5.74) is 0. The van der Waals surface area contributed by atoms with Crippen molar-refractivity contribution in [3.8, 4) is 5.75 Å². The number of benzene rings is 1. The predicted molar refractivity (Wildman–Crippen MR) is 64.2 cm³/mol. The van der Waals surface area contributed by atoms with Crippen LogP contribution in [0.15, 0.2) is 46.6 Å². The molecular weight excluding hydrogens is 244 g/mol. The van der Waals surface area contributed by atoms with Gasteiger partial charge in [0.1, 0.15) is 22.3 Å². The molecule has 1 aromatic heterocycles. The zero-order valence-electron chi connectivity index (χ0n) is 8.55. The van der Waals surface area contributed by atoms with Crippen LogP contribution in [0.5, 0.6) is 5.75 Å². The lowest BCUT2D eigenvalue weighted by molar-refractivity contribution is 0.413. The van der Waals surface area contributed by atoms with E-state index >= 15 is 0 Å². The molecule has 0 aliphatic heterocycles. The topological polar surface area (TPSA) is 35.0 Å². The Bertz CT molecular complexity index is 493. The Balaban J connectivity index is 2.20. The van der Waals surface area contributed by atoms with Gasteiger partial charge in [-0.05, 0) is 18.2 Å². The third-order valence-corrected chi connectivity index (χ3v) is 3.00. The minimum atomic E-state index is 0.445. The van der Waals surface area contributed by atoms with E-state index in [4.69, 9.17) is 16.3 Å². The number of rotatable bonds is 3. The first-order valence-electron chi connectivity index (χ1n) is 4.57. The second-order valence-electron chi connectivity index (χ2n) is 2.96. The highest BCUT2D eigenvalue weighted by atomic mass is 35.5. The maximum Gasteiger partial charge on any atom is 0.133 e. The van der Waals surface area contributed by atoms with Gasteiger partial charge in [0.25, 0.3) is 0 Å². The molecule has 2 aromatic rings. The van der Waals surface area contributed by atoms with Crippen LogP contribution in [0.2, 0.25) is 5.15 Å². The molecule has 0 amide bonds. The van der Waals surface area contributed by atoms with Crippen LogP contribution in [0, 0.1) is 0 Å². The van der Waals surface area contributed by atoms with Crippen LogP contribution in [0.25, 0.3) is 0 Å². The normalized spacial score (nSPS) is 10.1. The number of aromatic nitrogens is 2. The standard InChI is InChI=1S/C11H9ClN2OS/c1-15-8-3-2-4-9(5-8)16-11-6-10(12)13-7-14-11/h2-7H,1H3. The molecule has 0 aliphatic carbocycles. The van der Waals surface area contributed by atoms with E-state index < -0.39 is 0 Å². The van der Waals surface area contributed by atoms with Crippen molar-refractivity contribution in [2.24, 2.45) is 0 Å². The summed E-state index contributed by atoms with van der Waals surface area (Å²) >= 11 is 7.30. The number of methoxy groups -OCH3 is 1. The van der Waals surface area contributed by atoms with Crippen molar-refractivity contribution in [1.29, 1.82) is 0 Å². The third kappa shape index (κ3) is 2.87. The molecule has 0 spiro atoms. The highest BCUT2D eigenvalue weighted by Gasteiger charge is 2.01. The van der Waals surface area contributed by atoms with Crippen LogP contribution in [0.1, 0.15) is 0 Å². The van der Waals surface area contributed by atoms with Gasteiger partial charge < -0.3 is 4.74 Å². The zero-order chi connectivity index (χ0) is 11.4. The van der Waals surface area contributed by atoms with E-state index in [1.807, 2.05) is 24.3 Å². The number of hydrogen-bond acceptors (Lipinski definition) is 4. The quantitative estimate of drug-likeness (QED) is 0.786. The number of nitrogens with zero attached hydrogens (tertiary/aromatic N) is 2. The van der Waals surface area contributed by atoms with E-state index in [9.17, 15) is 0 Å². The zero-order valence-corrected chi connectivity index (χ0v) is 10.1. The van der Waals surface area contributed by atoms with Crippen molar-refractivity contribution in [3.05, 3.63) is 41.8 Å². The summed E-state index contributed by atoms with van der Waals surface area (Å²) in [7, 11) is 1.64. The first kappa shape index (κ1) is 11.2. The van der Waals surface area contributed by atoms with Crippen molar-refractivity contribution in [2.45, 2.75) is 9.92 Å². The summed E-state index contributed by atoms with van der Waals surface area (Å²) in [5, 5.41) is 1.26. The molecule has 16 heavy (non-hydrogen) atoms. The number of halogens is 1. The molecule has 0 saturated carbocycles. The Morgan fingerprint density at radius 2 is 2.12 bits per heavy atom. The Morgan fingerprint density at radius 3 is 2.88 bits per heavy atom. The molecule has 1 heterocycles. The minimum Gasteiger partial charge on any atom is -0.497 e. The summed E-state index contributed by atoms with van der Waals surface area (Å²) in [6.45, 7) is 0. The van der Waals surface area contributed by atoms with Gasteiger partial charge in [-0.25, -0.2) is 9.97 Å². The minimum absolute atomic E-state index is 0.445. The molecule has 82 valence electrons. The maximum absolute atomic E-state index is 5.78. The Hall–Kier alpha value is -1.26. The molecule has 0 N–H and O–H groups in total. The van der Waals surface area contributed by atoms with Crippen molar-refractivity contribution >= 4 is 23.4 Å². The fourth-order valence-corrected chi connectivity index (χ4v) is 2.20. The fourth-order valence-electron chi connectivity index (χ4n) is 1.16. The van der Waals surface area contributed by atoms with Gasteiger partial charge in [-0.15, -0.1) is 0 Å². The van der Waals surface area contributed by atoms with E-state index in [2.05, 4.69) is 9.97 Å². The molecule has 0 saturated heterocycles. The monoisotopic (exact) mass is 252 g/mol. The van der Waals surface area contributed by atoms with Gasteiger partial charge in [0.15, 0.2) is 0 Å². The Morgan fingerprint density at radius 1 is 1.25 bits per heavy atom. The summed E-state index contributed by atoms with van der Waals surface area (Å²) < 4.78 is 5.14. The maximum atomic E-state index is 5.78. The highest BCUT2D eigenvalue weighted by molar-refractivity contribution is 7.99. The molecule has 0 aliphatic rings. The summed E-state index contributed by atoms with van der Waals surface area (Å²) in [6.07, 6.45) is 1.45. The first-order valence-corrected chi connectivity index (χ1v) is 5.77. The summed E-state index contributed by atoms with van der Waals surface area (Å²) in [5.74, 6) is 0.824. The van der Waals surface area contributed by atoms with Crippen LogP contribution in [-0.4, -0.2) is 17.1 Å². The van der Waals surface area contributed by atoms with Crippen LogP contribution < -0.4 is 4.74 Å². The molecule has 5 heteroatoms. The van der Waals surface area contributed by atoms with E-state index in [0.29, 0.717) is 5.15 Å². The van der Waals surface area contributed by atoms with Crippen LogP contribution >= 0.6 is 23.4 Å². The largest absolute Gasteiger partial charge is 0.497 e. The lowest BCUT2D eigenvalue weighted by Gasteiger charge is -2.03. The van der Waals surface area contributed by atoms with E-state index in [1.165, 1.54) is 18.1 Å². The van der Waals surface area contributed by atoms with Crippen molar-refractivity contribution in [1.82, 2.24) is 9.97 Å². The SMILES string of the molecule is COc1cccc(Sc2cc(Cl)ncn2)c1. The molecule has 3 nitrogen and oxygen atoms in total. The average Bonchev–Trinajstić information content (AvgIpc) is 2.29. The van der Waals surface area contributed by atoms with Gasteiger partial charge in [0.05, 0.1) is 7.11 Å². The lowest BCUT2D eigenvalue weighted by Crippen LogP contribution is -1.84. The average molecular weight is 253 g/mol. The molecule has 0 radical (unpaired) electrons. The summed E-state index contributed by atoms with van der Waals surface area (Å²) in [4.78, 5) is 9.00. The number of hydrogen-bond donors (Lipinski definition) is 0. The molecule has 2 rings (SSSR count). The molecule has 0 unspecified atom stereocenters. The van der Waals surface area contributed by atoms with Crippen LogP contribution in [0.3, 0.4) is 0 Å². The molecule has 0 bridgehead atoms. The Kier molecular flexibility index (Phi) is 3.64. The van der Waals surface area contributed by atoms with Crippen LogP contribution in [0.4, 0.5) is 0 Å². The van der Waals surface area contributed by atoms with Crippen molar-refractivity contribution in [2.75, 3.05) is 7.11 Å². The number of ether oxygens (including phenoxy) is 1. The van der Waals surface area contributed by atoms with Gasteiger partial charge >= 0.3 is 0 Å². The van der Waals surface area contributed by atoms with Gasteiger partial charge in [-0.1, -0.05) is 29.4 Å². The van der Waals surface area contributed by atoms with Gasteiger partial charge in [0.2, 0.25) is 0 Å². The lowest BCUT2D eigenvalue weighted by atomic mass is 10.3. The van der Waals surface area contributed by atoms with Crippen molar-refractivity contribution in [3.63, 3.8) is 0 Å². The van der Waals surface area contributed by atoms with Crippen molar-refractivity contribution < 1.29 is 4.74 Å². The molecular formula is C11H9ClN2OS. The smallest absolute Gasteiger partial charge is 0.133 e. The van der Waals surface area contributed by atoms with Gasteiger partial charge in [-0.2, -0.15) is 0 Å². The molecule has 0 fully saturated rings. The highest BCUT2D eigenvalue weighted by Crippen LogP contribution is 2.29. The second-order valence-corrected chi connectivity index (χ2v) is 4.44. The second kappa shape index (κ2) is 5.18. The summed E-state index contributed by atoms with van der Waals surface area (Å²) in [6, 6.07) is 9.50. The molecule has 1 aromatic carbocycles. The third-order valence-electron chi connectivity index (χ3n) is 1.87. The molecule has 0 atom stereocenters. The Labute approximate surface area is 103 Å². The van der Waals surface area contributed by atoms with E-state index in [0.717, 1.165) is 15.7 Å². The van der Waals surface area contributed by atoms with Gasteiger partial charge in [0, 0.05) is 11.0 Å². The van der Waals surface area contributed by atoms with Crippen LogP contribution in [-0.2, 0) is 0 Å².